The van der Waals surface area contributed by atoms with Gasteiger partial charge in [-0.1, -0.05) is 32.4 Å². The molecule has 0 amide bonds. The van der Waals surface area contributed by atoms with Gasteiger partial charge in [0.05, 0.1) is 0 Å². The molecule has 74 valence electrons. The number of rotatable bonds is 2. The fourth-order valence-corrected chi connectivity index (χ4v) is 1.72. The van der Waals surface area contributed by atoms with Gasteiger partial charge in [0, 0.05) is 17.2 Å². The van der Waals surface area contributed by atoms with Gasteiger partial charge in [-0.2, -0.15) is 0 Å². The van der Waals surface area contributed by atoms with E-state index in [9.17, 15) is 0 Å². The highest BCUT2D eigenvalue weighted by Gasteiger charge is 2.28. The van der Waals surface area contributed by atoms with Crippen LogP contribution in [-0.2, 0) is 0 Å². The van der Waals surface area contributed by atoms with Crippen molar-refractivity contribution < 1.29 is 0 Å². The van der Waals surface area contributed by atoms with Gasteiger partial charge in [0.1, 0.15) is 0 Å². The minimum absolute atomic E-state index is 0.0290. The molecular formula is C11H20N2. The number of nitrogens with two attached hydrogens (primary N) is 2. The fourth-order valence-electron chi connectivity index (χ4n) is 1.72. The Morgan fingerprint density at radius 1 is 1.46 bits per heavy atom. The van der Waals surface area contributed by atoms with Gasteiger partial charge in [0.25, 0.3) is 0 Å². The van der Waals surface area contributed by atoms with Crippen molar-refractivity contribution in [2.45, 2.75) is 39.7 Å². The van der Waals surface area contributed by atoms with E-state index in [2.05, 4.69) is 26.8 Å². The molecule has 1 aliphatic carbocycles. The van der Waals surface area contributed by atoms with Gasteiger partial charge in [-0.3, -0.25) is 0 Å². The van der Waals surface area contributed by atoms with Crippen LogP contribution in [0, 0.1) is 5.41 Å². The monoisotopic (exact) mass is 180 g/mol. The van der Waals surface area contributed by atoms with Gasteiger partial charge in [-0.05, 0) is 18.9 Å². The zero-order valence-corrected chi connectivity index (χ0v) is 8.80. The Hall–Kier alpha value is -0.760. The first kappa shape index (κ1) is 10.3. The largest absolute Gasteiger partial charge is 0.402 e. The van der Waals surface area contributed by atoms with Crippen molar-refractivity contribution >= 4 is 0 Å². The van der Waals surface area contributed by atoms with Crippen molar-refractivity contribution in [3.05, 3.63) is 23.4 Å². The van der Waals surface area contributed by atoms with Gasteiger partial charge < -0.3 is 11.5 Å². The van der Waals surface area contributed by atoms with E-state index in [0.717, 1.165) is 18.5 Å². The first-order valence-corrected chi connectivity index (χ1v) is 4.98. The van der Waals surface area contributed by atoms with Crippen LogP contribution in [0.3, 0.4) is 0 Å². The lowest BCUT2D eigenvalue weighted by atomic mass is 9.76. The molecule has 0 spiro atoms. The molecular weight excluding hydrogens is 160 g/mol. The summed E-state index contributed by atoms with van der Waals surface area (Å²) < 4.78 is 0. The maximum absolute atomic E-state index is 5.97. The highest BCUT2D eigenvalue weighted by atomic mass is 14.7. The van der Waals surface area contributed by atoms with Crippen molar-refractivity contribution in [1.82, 2.24) is 0 Å². The van der Waals surface area contributed by atoms with Crippen molar-refractivity contribution in [2.75, 3.05) is 0 Å². The predicted molar refractivity (Wildman–Crippen MR) is 57.0 cm³/mol. The van der Waals surface area contributed by atoms with Gasteiger partial charge in [0.15, 0.2) is 0 Å². The van der Waals surface area contributed by atoms with Crippen LogP contribution in [0.1, 0.15) is 33.6 Å². The van der Waals surface area contributed by atoms with Crippen molar-refractivity contribution in [1.29, 1.82) is 0 Å². The van der Waals surface area contributed by atoms with Crippen LogP contribution in [0.15, 0.2) is 23.4 Å². The lowest BCUT2D eigenvalue weighted by Crippen LogP contribution is -2.33. The summed E-state index contributed by atoms with van der Waals surface area (Å²) in [5.74, 6) is 0. The summed E-state index contributed by atoms with van der Waals surface area (Å²) >= 11 is 0. The summed E-state index contributed by atoms with van der Waals surface area (Å²) in [6.07, 6.45) is 6.28. The molecule has 0 bridgehead atoms. The molecule has 2 nitrogen and oxygen atoms in total. The summed E-state index contributed by atoms with van der Waals surface area (Å²) in [5, 5.41) is 0. The molecule has 0 aromatic rings. The van der Waals surface area contributed by atoms with E-state index in [-0.39, 0.29) is 11.5 Å². The van der Waals surface area contributed by atoms with E-state index in [0.29, 0.717) is 0 Å². The molecule has 0 heterocycles. The second kappa shape index (κ2) is 3.54. The van der Waals surface area contributed by atoms with E-state index in [1.54, 1.807) is 0 Å². The molecule has 0 aliphatic heterocycles. The Labute approximate surface area is 80.7 Å². The van der Waals surface area contributed by atoms with Crippen LogP contribution in [0.25, 0.3) is 0 Å². The van der Waals surface area contributed by atoms with Crippen LogP contribution < -0.4 is 11.5 Å². The Morgan fingerprint density at radius 3 is 2.54 bits per heavy atom. The second-order valence-electron chi connectivity index (χ2n) is 3.99. The van der Waals surface area contributed by atoms with Crippen molar-refractivity contribution in [3.63, 3.8) is 0 Å². The van der Waals surface area contributed by atoms with E-state index < -0.39 is 0 Å². The summed E-state index contributed by atoms with van der Waals surface area (Å²) in [5.41, 5.74) is 14.1. The Balaban J connectivity index is 3.00. The standard InChI is InChI=1S/C11H20N2/c1-4-8-7-11(3,5-2)10(13)6-9(8)12/h6-7,9H,4-5,12-13H2,1-3H3. The highest BCUT2D eigenvalue weighted by Crippen LogP contribution is 2.35. The van der Waals surface area contributed by atoms with Crippen LogP contribution >= 0.6 is 0 Å². The molecule has 13 heavy (non-hydrogen) atoms. The second-order valence-corrected chi connectivity index (χ2v) is 3.99. The third-order valence-corrected chi connectivity index (χ3v) is 3.09. The average Bonchev–Trinajstić information content (AvgIpc) is 2.11. The first-order chi connectivity index (χ1) is 6.03. The van der Waals surface area contributed by atoms with Gasteiger partial charge >= 0.3 is 0 Å². The molecule has 1 rings (SSSR count). The number of allylic oxidation sites excluding steroid dienone is 1. The van der Waals surface area contributed by atoms with Gasteiger partial charge in [0.2, 0.25) is 0 Å². The lowest BCUT2D eigenvalue weighted by Gasteiger charge is -2.32. The van der Waals surface area contributed by atoms with E-state index in [4.69, 9.17) is 11.5 Å². The predicted octanol–water partition coefficient (Wildman–Crippen LogP) is 1.92. The summed E-state index contributed by atoms with van der Waals surface area (Å²) in [6.45, 7) is 6.46. The molecule has 2 atom stereocenters. The zero-order chi connectivity index (χ0) is 10.1. The lowest BCUT2D eigenvalue weighted by molar-refractivity contribution is 0.468. The molecule has 0 radical (unpaired) electrons. The van der Waals surface area contributed by atoms with Crippen LogP contribution in [0.4, 0.5) is 0 Å². The van der Waals surface area contributed by atoms with Crippen molar-refractivity contribution in [2.24, 2.45) is 16.9 Å². The van der Waals surface area contributed by atoms with Crippen molar-refractivity contribution in [3.8, 4) is 0 Å². The molecule has 0 saturated heterocycles. The minimum Gasteiger partial charge on any atom is -0.402 e. The SMILES string of the molecule is CCC1=CC(C)(CC)C(N)=CC1N. The Kier molecular flexibility index (Phi) is 2.81. The quantitative estimate of drug-likeness (QED) is 0.638. The smallest absolute Gasteiger partial charge is 0.0460 e. The molecule has 0 aromatic heterocycles. The topological polar surface area (TPSA) is 52.0 Å². The molecule has 1 aliphatic rings. The Morgan fingerprint density at radius 2 is 2.08 bits per heavy atom. The van der Waals surface area contributed by atoms with Crippen LogP contribution in [-0.4, -0.2) is 6.04 Å². The maximum Gasteiger partial charge on any atom is 0.0460 e. The minimum atomic E-state index is 0.0290. The zero-order valence-electron chi connectivity index (χ0n) is 8.80. The third-order valence-electron chi connectivity index (χ3n) is 3.09. The first-order valence-electron chi connectivity index (χ1n) is 4.98. The molecule has 0 saturated carbocycles. The number of hydrogen-bond donors (Lipinski definition) is 2. The summed E-state index contributed by atoms with van der Waals surface area (Å²) in [4.78, 5) is 0. The number of hydrogen-bond acceptors (Lipinski definition) is 2. The van der Waals surface area contributed by atoms with E-state index in [1.807, 2.05) is 6.08 Å². The molecule has 2 unspecified atom stereocenters. The van der Waals surface area contributed by atoms with Gasteiger partial charge in [-0.25, -0.2) is 0 Å². The fraction of sp³-hybridized carbons (Fsp3) is 0.636. The normalized spacial score (nSPS) is 34.0. The van der Waals surface area contributed by atoms with E-state index >= 15 is 0 Å². The maximum atomic E-state index is 5.97. The Bertz CT molecular complexity index is 253. The molecule has 0 fully saturated rings. The van der Waals surface area contributed by atoms with E-state index in [1.165, 1.54) is 5.57 Å². The molecule has 0 aromatic carbocycles. The third kappa shape index (κ3) is 1.78. The van der Waals surface area contributed by atoms with Crippen LogP contribution in [0.5, 0.6) is 0 Å². The average molecular weight is 180 g/mol. The summed E-state index contributed by atoms with van der Waals surface area (Å²) in [6, 6.07) is 0.0321. The van der Waals surface area contributed by atoms with Gasteiger partial charge in [-0.15, -0.1) is 0 Å². The molecule has 4 N–H and O–H groups in total. The highest BCUT2D eigenvalue weighted by molar-refractivity contribution is 5.33. The van der Waals surface area contributed by atoms with Crippen LogP contribution in [0.2, 0.25) is 0 Å². The summed E-state index contributed by atoms with van der Waals surface area (Å²) in [7, 11) is 0. The molecule has 2 heteroatoms.